The second-order valence-corrected chi connectivity index (χ2v) is 6.56. The summed E-state index contributed by atoms with van der Waals surface area (Å²) in [5.74, 6) is 3.25. The van der Waals surface area contributed by atoms with Gasteiger partial charge in [-0.2, -0.15) is 4.57 Å². The molecule has 5 heteroatoms. The predicted octanol–water partition coefficient (Wildman–Crippen LogP) is 3.91. The Kier molecular flexibility index (Phi) is 2.65. The molecule has 1 aromatic heterocycles. The molecule has 0 atom stereocenters. The summed E-state index contributed by atoms with van der Waals surface area (Å²) in [7, 11) is 0. The lowest BCUT2D eigenvalue weighted by Gasteiger charge is -2.09. The molecule has 4 aromatic rings. The molecule has 26 heavy (non-hydrogen) atoms. The van der Waals surface area contributed by atoms with Gasteiger partial charge in [0.1, 0.15) is 6.54 Å². The first kappa shape index (κ1) is 14.0. The first-order valence-electron chi connectivity index (χ1n) is 8.74. The second-order valence-electron chi connectivity index (χ2n) is 6.56. The zero-order chi connectivity index (χ0) is 17.3. The molecule has 3 heterocycles. The van der Waals surface area contributed by atoms with Crippen LogP contribution in [0, 0.1) is 0 Å². The van der Waals surface area contributed by atoms with Gasteiger partial charge in [-0.1, -0.05) is 6.07 Å². The zero-order valence-corrected chi connectivity index (χ0v) is 14.2. The van der Waals surface area contributed by atoms with Crippen molar-refractivity contribution in [2.45, 2.75) is 13.5 Å². The van der Waals surface area contributed by atoms with E-state index in [1.807, 2.05) is 6.07 Å². The van der Waals surface area contributed by atoms with E-state index >= 15 is 0 Å². The highest BCUT2D eigenvalue weighted by atomic mass is 16.7. The Morgan fingerprint density at radius 1 is 0.769 bits per heavy atom. The van der Waals surface area contributed by atoms with Gasteiger partial charge in [-0.3, -0.25) is 0 Å². The van der Waals surface area contributed by atoms with E-state index < -0.39 is 0 Å². The van der Waals surface area contributed by atoms with Crippen molar-refractivity contribution in [3.63, 3.8) is 0 Å². The number of rotatable bonds is 1. The summed E-state index contributed by atoms with van der Waals surface area (Å²) in [6.07, 6.45) is 2.16. The summed E-state index contributed by atoms with van der Waals surface area (Å²) in [4.78, 5) is 0. The first-order valence-corrected chi connectivity index (χ1v) is 8.74. The molecule has 0 unspecified atom stereocenters. The van der Waals surface area contributed by atoms with Crippen molar-refractivity contribution in [1.29, 1.82) is 0 Å². The van der Waals surface area contributed by atoms with Gasteiger partial charge in [0.25, 0.3) is 0 Å². The van der Waals surface area contributed by atoms with Gasteiger partial charge in [0.05, 0.1) is 16.2 Å². The van der Waals surface area contributed by atoms with E-state index in [-0.39, 0.29) is 13.6 Å². The SMILES string of the molecule is CC[n+]1cc2c3c(ccc2c2ccc4cc5c(cc4c21)OCO5)OCO3. The van der Waals surface area contributed by atoms with Crippen molar-refractivity contribution in [2.24, 2.45) is 0 Å². The van der Waals surface area contributed by atoms with Gasteiger partial charge < -0.3 is 18.9 Å². The highest BCUT2D eigenvalue weighted by Gasteiger charge is 2.24. The fourth-order valence-corrected chi connectivity index (χ4v) is 4.05. The number of pyridine rings is 1. The third-order valence-electron chi connectivity index (χ3n) is 5.27. The van der Waals surface area contributed by atoms with Crippen molar-refractivity contribution >= 4 is 32.4 Å². The van der Waals surface area contributed by atoms with E-state index in [2.05, 4.69) is 48.0 Å². The van der Waals surface area contributed by atoms with Gasteiger partial charge >= 0.3 is 0 Å². The number of nitrogens with zero attached hydrogens (tertiary/aromatic N) is 1. The smallest absolute Gasteiger partial charge is 0.231 e. The maximum Gasteiger partial charge on any atom is 0.231 e. The average Bonchev–Trinajstić information content (AvgIpc) is 3.33. The Morgan fingerprint density at radius 3 is 2.42 bits per heavy atom. The van der Waals surface area contributed by atoms with Gasteiger partial charge in [-0.15, -0.1) is 0 Å². The van der Waals surface area contributed by atoms with E-state index in [9.17, 15) is 0 Å². The zero-order valence-electron chi connectivity index (χ0n) is 14.2. The maximum atomic E-state index is 5.74. The van der Waals surface area contributed by atoms with Crippen LogP contribution in [0.2, 0.25) is 0 Å². The number of benzene rings is 3. The van der Waals surface area contributed by atoms with Crippen molar-refractivity contribution in [3.05, 3.63) is 42.6 Å². The lowest BCUT2D eigenvalue weighted by atomic mass is 10.00. The molecular formula is C21H16NO4+. The van der Waals surface area contributed by atoms with Crippen LogP contribution in [0.5, 0.6) is 23.0 Å². The summed E-state index contributed by atoms with van der Waals surface area (Å²) in [5.41, 5.74) is 1.19. The summed E-state index contributed by atoms with van der Waals surface area (Å²) in [5, 5.41) is 5.73. The minimum Gasteiger partial charge on any atom is -0.454 e. The Balaban J connectivity index is 1.80. The monoisotopic (exact) mass is 346 g/mol. The highest BCUT2D eigenvalue weighted by molar-refractivity contribution is 6.15. The third-order valence-corrected chi connectivity index (χ3v) is 5.27. The van der Waals surface area contributed by atoms with Crippen molar-refractivity contribution < 1.29 is 23.5 Å². The van der Waals surface area contributed by atoms with Crippen LogP contribution in [0.1, 0.15) is 6.92 Å². The Labute approximate surface area is 149 Å². The van der Waals surface area contributed by atoms with Crippen LogP contribution in [0.3, 0.4) is 0 Å². The number of aromatic nitrogens is 1. The summed E-state index contributed by atoms with van der Waals surface area (Å²) >= 11 is 0. The molecule has 0 spiro atoms. The van der Waals surface area contributed by atoms with Crippen LogP contribution >= 0.6 is 0 Å². The molecule has 2 aliphatic heterocycles. The van der Waals surface area contributed by atoms with Gasteiger partial charge in [-0.05, 0) is 42.6 Å². The topological polar surface area (TPSA) is 40.8 Å². The van der Waals surface area contributed by atoms with Gasteiger partial charge in [0.2, 0.25) is 19.1 Å². The van der Waals surface area contributed by atoms with Crippen LogP contribution in [0.4, 0.5) is 0 Å². The largest absolute Gasteiger partial charge is 0.454 e. The Morgan fingerprint density at radius 2 is 1.54 bits per heavy atom. The van der Waals surface area contributed by atoms with Crippen LogP contribution in [0.15, 0.2) is 42.6 Å². The third kappa shape index (κ3) is 1.72. The minimum absolute atomic E-state index is 0.278. The highest BCUT2D eigenvalue weighted by Crippen LogP contribution is 2.43. The maximum absolute atomic E-state index is 5.74. The van der Waals surface area contributed by atoms with Crippen LogP contribution in [-0.4, -0.2) is 13.6 Å². The molecule has 0 fully saturated rings. The molecule has 5 nitrogen and oxygen atoms in total. The Hall–Kier alpha value is -3.21. The molecule has 0 saturated carbocycles. The standard InChI is InChI=1S/C21H16NO4/c1-2-22-9-16-13(5-6-17-21(16)26-11-23-17)14-4-3-12-7-18-19(25-10-24-18)8-15(12)20(14)22/h3-9H,2,10-11H2,1H3/q+1. The lowest BCUT2D eigenvalue weighted by Crippen LogP contribution is -2.33. The molecule has 128 valence electrons. The van der Waals surface area contributed by atoms with Crippen LogP contribution in [-0.2, 0) is 6.54 Å². The van der Waals surface area contributed by atoms with E-state index in [0.717, 1.165) is 51.1 Å². The summed E-state index contributed by atoms with van der Waals surface area (Å²) < 4.78 is 24.7. The molecule has 0 bridgehead atoms. The number of aryl methyl sites for hydroxylation is 1. The number of ether oxygens (including phenoxy) is 4. The van der Waals surface area contributed by atoms with Gasteiger partial charge in [0, 0.05) is 5.39 Å². The van der Waals surface area contributed by atoms with Gasteiger partial charge in [0.15, 0.2) is 29.2 Å². The predicted molar refractivity (Wildman–Crippen MR) is 97.1 cm³/mol. The number of fused-ring (bicyclic) bond motifs is 8. The summed E-state index contributed by atoms with van der Waals surface area (Å²) in [6, 6.07) is 12.6. The van der Waals surface area contributed by atoms with E-state index in [1.54, 1.807) is 0 Å². The average molecular weight is 346 g/mol. The molecule has 2 aliphatic rings. The minimum atomic E-state index is 0.278. The van der Waals surface area contributed by atoms with Gasteiger partial charge in [-0.25, -0.2) is 0 Å². The molecular weight excluding hydrogens is 330 g/mol. The van der Waals surface area contributed by atoms with E-state index in [1.165, 1.54) is 10.9 Å². The molecule has 3 aromatic carbocycles. The van der Waals surface area contributed by atoms with Crippen LogP contribution in [0.25, 0.3) is 32.4 Å². The molecule has 0 aliphatic carbocycles. The summed E-state index contributed by atoms with van der Waals surface area (Å²) in [6.45, 7) is 3.56. The molecule has 6 rings (SSSR count). The van der Waals surface area contributed by atoms with Crippen molar-refractivity contribution in [1.82, 2.24) is 0 Å². The lowest BCUT2D eigenvalue weighted by molar-refractivity contribution is -0.665. The normalized spacial score (nSPS) is 14.7. The second kappa shape index (κ2) is 4.91. The fraction of sp³-hybridized carbons (Fsp3) is 0.190. The van der Waals surface area contributed by atoms with Crippen LogP contribution < -0.4 is 23.5 Å². The van der Waals surface area contributed by atoms with Crippen molar-refractivity contribution in [2.75, 3.05) is 13.6 Å². The fourth-order valence-electron chi connectivity index (χ4n) is 4.05. The molecule has 0 saturated heterocycles. The van der Waals surface area contributed by atoms with Crippen molar-refractivity contribution in [3.8, 4) is 23.0 Å². The Bertz CT molecular complexity index is 1230. The number of hydrogen-bond acceptors (Lipinski definition) is 4. The molecule has 0 N–H and O–H groups in total. The quantitative estimate of drug-likeness (QED) is 0.387. The van der Waals surface area contributed by atoms with E-state index in [0.29, 0.717) is 0 Å². The van der Waals surface area contributed by atoms with E-state index in [4.69, 9.17) is 18.9 Å². The molecule has 0 amide bonds. The number of hydrogen-bond donors (Lipinski definition) is 0. The molecule has 0 radical (unpaired) electrons. The first-order chi connectivity index (χ1) is 12.8.